The second kappa shape index (κ2) is 20.3. The average Bonchev–Trinajstić information content (AvgIpc) is 3.62. The molecule has 10 nitrogen and oxygen atoms in total. The molecule has 0 radical (unpaired) electrons. The van der Waals surface area contributed by atoms with Crippen molar-refractivity contribution in [2.45, 2.75) is 12.8 Å². The summed E-state index contributed by atoms with van der Waals surface area (Å²) in [6.45, 7) is 7.02. The van der Waals surface area contributed by atoms with Gasteiger partial charge in [0.2, 0.25) is 0 Å². The van der Waals surface area contributed by atoms with Gasteiger partial charge in [0.15, 0.2) is 5.75 Å². The lowest BCUT2D eigenvalue weighted by Crippen LogP contribution is -2.28. The maximum absolute atomic E-state index is 15.5. The van der Waals surface area contributed by atoms with E-state index in [9.17, 15) is 24.4 Å². The number of carbonyl (C=O) groups is 2. The molecule has 0 saturated carbocycles. The molecule has 2 aliphatic rings. The largest absolute Gasteiger partial charge is 0.507 e. The molecule has 2 atom stereocenters. The average molecular weight is 1040 g/mol. The zero-order valence-electron chi connectivity index (χ0n) is 40.7. The van der Waals surface area contributed by atoms with Gasteiger partial charge in [0.1, 0.15) is 28.7 Å². The third kappa shape index (κ3) is 8.83. The fraction of sp³-hybridized carbons (Fsp3) is 0.0312. The van der Waals surface area contributed by atoms with Gasteiger partial charge in [-0.05, 0) is 57.6 Å². The highest BCUT2D eigenvalue weighted by Crippen LogP contribution is 2.59. The molecule has 2 N–H and O–H groups in total. The van der Waals surface area contributed by atoms with Crippen LogP contribution in [-0.2, 0) is 31.6 Å². The standard InChI is InChI=1S/C35H25O6P.C29H21O4P/c1-3-32(36)39-29-22-31(35(40-33(37)4-2)27-18-9-8-16-25(27)29)42(38)30-20-11-10-17-26(30)28-19-12-15-24(34(28)41-42)21-23-13-6-5-7-14-23;30-25-18-27(28(31)23-14-5-4-12-21(23)25)34(32)26-16-7-6-13-22(26)24-15-8-11-20(29(24)33-34)17-19-9-2-1-3-10-19/h3-20,22H,1-2,21H2;1-16,18,30-31H,17H2. The summed E-state index contributed by atoms with van der Waals surface area (Å²) in [4.78, 5) is 24.9. The summed E-state index contributed by atoms with van der Waals surface area (Å²) in [5, 5.41) is 24.9. The van der Waals surface area contributed by atoms with Crippen LogP contribution in [-0.4, -0.2) is 22.2 Å². The molecule has 12 heteroatoms. The smallest absolute Gasteiger partial charge is 0.335 e. The van der Waals surface area contributed by atoms with Crippen molar-refractivity contribution in [2.75, 3.05) is 0 Å². The monoisotopic (exact) mass is 1040 g/mol. The molecule has 0 aromatic heterocycles. The maximum Gasteiger partial charge on any atom is 0.335 e. The summed E-state index contributed by atoms with van der Waals surface area (Å²) in [6, 6.07) is 63.1. The van der Waals surface area contributed by atoms with E-state index in [1.165, 1.54) is 12.1 Å². The third-order valence-corrected chi connectivity index (χ3v) is 18.3. The Labute approximate surface area is 438 Å². The minimum absolute atomic E-state index is 0.0380. The van der Waals surface area contributed by atoms with E-state index in [2.05, 4.69) is 13.2 Å². The molecule has 0 bridgehead atoms. The van der Waals surface area contributed by atoms with Crippen molar-refractivity contribution in [3.05, 3.63) is 254 Å². The van der Waals surface area contributed by atoms with Crippen molar-refractivity contribution in [3.63, 3.8) is 0 Å². The fourth-order valence-corrected chi connectivity index (χ4v) is 14.8. The Morgan fingerprint density at radius 2 is 0.882 bits per heavy atom. The quantitative estimate of drug-likeness (QED) is 0.0446. The van der Waals surface area contributed by atoms with Gasteiger partial charge in [-0.25, -0.2) is 9.59 Å². The van der Waals surface area contributed by atoms with Crippen molar-refractivity contribution in [1.29, 1.82) is 0 Å². The van der Waals surface area contributed by atoms with Crippen LogP contribution in [0.5, 0.6) is 34.5 Å². The van der Waals surface area contributed by atoms with Crippen LogP contribution in [0.2, 0.25) is 0 Å². The summed E-state index contributed by atoms with van der Waals surface area (Å²) < 4.78 is 54.6. The second-order valence-corrected chi connectivity index (χ2v) is 22.6. The van der Waals surface area contributed by atoms with Gasteiger partial charge in [0.25, 0.3) is 0 Å². The summed E-state index contributed by atoms with van der Waals surface area (Å²) >= 11 is 0. The maximum atomic E-state index is 15.5. The SMILES string of the molecule is C=CC(=O)Oc1cc(P2(=O)Oc3c(Cc4ccccc4)cccc3-c3ccccc32)c(OC(=O)C=C)c2ccccc12.O=P1(c2cc(O)c3ccccc3c2O)Oc2c(Cc3ccccc3)cccc2-c2ccccc21. The second-order valence-electron chi connectivity index (χ2n) is 18.1. The van der Waals surface area contributed by atoms with Gasteiger partial charge in [-0.1, -0.05) is 195 Å². The zero-order chi connectivity index (χ0) is 52.6. The van der Waals surface area contributed by atoms with Crippen molar-refractivity contribution >= 4 is 69.4 Å². The van der Waals surface area contributed by atoms with Crippen molar-refractivity contribution in [1.82, 2.24) is 0 Å². The van der Waals surface area contributed by atoms with E-state index in [-0.39, 0.29) is 33.6 Å². The Kier molecular flexibility index (Phi) is 13.1. The first-order chi connectivity index (χ1) is 37.0. The summed E-state index contributed by atoms with van der Waals surface area (Å²) in [5.74, 6) is -0.444. The van der Waals surface area contributed by atoms with Gasteiger partial charge in [0, 0.05) is 57.7 Å². The number of esters is 2. The normalized spacial score (nSPS) is 15.7. The first kappa shape index (κ1) is 49.0. The summed E-state index contributed by atoms with van der Waals surface area (Å²) in [7, 11) is -7.83. The van der Waals surface area contributed by atoms with Crippen LogP contribution in [0.25, 0.3) is 43.8 Å². The van der Waals surface area contributed by atoms with E-state index in [0.717, 1.165) is 56.7 Å². The first-order valence-electron chi connectivity index (χ1n) is 24.3. The van der Waals surface area contributed by atoms with Gasteiger partial charge >= 0.3 is 26.7 Å². The van der Waals surface area contributed by atoms with E-state index in [4.69, 9.17) is 18.5 Å². The Bertz CT molecular complexity index is 4080. The van der Waals surface area contributed by atoms with Crippen LogP contribution in [0.4, 0.5) is 0 Å². The first-order valence-corrected chi connectivity index (χ1v) is 27.5. The molecule has 0 amide bonds. The number of aromatic hydroxyl groups is 2. The lowest BCUT2D eigenvalue weighted by molar-refractivity contribution is -0.129. The molecule has 2 aliphatic heterocycles. The highest BCUT2D eigenvalue weighted by Gasteiger charge is 2.44. The molecule has 372 valence electrons. The molecule has 0 spiro atoms. The number of rotatable bonds is 10. The molecule has 2 unspecified atom stereocenters. The van der Waals surface area contributed by atoms with Crippen molar-refractivity contribution in [3.8, 4) is 56.8 Å². The minimum atomic E-state index is -4.04. The molecular weight excluding hydrogens is 991 g/mol. The van der Waals surface area contributed by atoms with Crippen LogP contribution in [0.1, 0.15) is 22.3 Å². The van der Waals surface area contributed by atoms with Crippen LogP contribution in [0.15, 0.2) is 232 Å². The number of phenolic OH excluding ortho intramolecular Hbond substituents is 2. The number of carbonyl (C=O) groups excluding carboxylic acids is 2. The molecule has 0 saturated heterocycles. The summed E-state index contributed by atoms with van der Waals surface area (Å²) in [5.41, 5.74) is 7.12. The number of fused-ring (bicyclic) bond motifs is 8. The number of ether oxygens (including phenoxy) is 2. The summed E-state index contributed by atoms with van der Waals surface area (Å²) in [6.07, 6.45) is 3.23. The van der Waals surface area contributed by atoms with Crippen LogP contribution in [0.3, 0.4) is 0 Å². The van der Waals surface area contributed by atoms with Crippen LogP contribution >= 0.6 is 14.7 Å². The number of para-hydroxylation sites is 2. The minimum Gasteiger partial charge on any atom is -0.507 e. The van der Waals surface area contributed by atoms with Gasteiger partial charge in [-0.3, -0.25) is 9.13 Å². The predicted molar refractivity (Wildman–Crippen MR) is 300 cm³/mol. The van der Waals surface area contributed by atoms with Gasteiger partial charge in [-0.2, -0.15) is 0 Å². The Hall–Kier alpha value is -9.20. The van der Waals surface area contributed by atoms with Gasteiger partial charge in [-0.15, -0.1) is 0 Å². The van der Waals surface area contributed by atoms with Crippen LogP contribution < -0.4 is 39.7 Å². The molecule has 10 aromatic rings. The van der Waals surface area contributed by atoms with Crippen molar-refractivity contribution in [2.24, 2.45) is 0 Å². The molecular formula is C64H46O10P2. The number of hydrogen-bond donors (Lipinski definition) is 2. The Morgan fingerprint density at radius 1 is 0.447 bits per heavy atom. The predicted octanol–water partition coefficient (Wildman–Crippen LogP) is 13.0. The number of phenols is 2. The third-order valence-electron chi connectivity index (χ3n) is 13.4. The topological polar surface area (TPSA) is 146 Å². The Balaban J connectivity index is 0.000000166. The molecule has 0 aliphatic carbocycles. The molecule has 0 fully saturated rings. The fourth-order valence-electron chi connectivity index (χ4n) is 9.90. The van der Waals surface area contributed by atoms with Crippen molar-refractivity contribution < 1.29 is 47.5 Å². The highest BCUT2D eigenvalue weighted by molar-refractivity contribution is 7.75. The number of benzene rings is 10. The highest BCUT2D eigenvalue weighted by atomic mass is 31.2. The van der Waals surface area contributed by atoms with E-state index >= 15 is 4.57 Å². The number of hydrogen-bond acceptors (Lipinski definition) is 10. The zero-order valence-corrected chi connectivity index (χ0v) is 42.5. The van der Waals surface area contributed by atoms with E-state index in [1.807, 2.05) is 127 Å². The van der Waals surface area contributed by atoms with Crippen LogP contribution in [0, 0.1) is 0 Å². The molecule has 2 heterocycles. The lowest BCUT2D eigenvalue weighted by Gasteiger charge is -2.31. The Morgan fingerprint density at radius 3 is 1.42 bits per heavy atom. The lowest BCUT2D eigenvalue weighted by atomic mass is 9.97. The van der Waals surface area contributed by atoms with E-state index in [1.54, 1.807) is 66.7 Å². The van der Waals surface area contributed by atoms with E-state index in [0.29, 0.717) is 56.5 Å². The van der Waals surface area contributed by atoms with Gasteiger partial charge < -0.3 is 28.7 Å². The van der Waals surface area contributed by atoms with Gasteiger partial charge in [0.05, 0.1) is 21.2 Å². The molecule has 10 aromatic carbocycles. The molecule has 76 heavy (non-hydrogen) atoms. The molecule has 12 rings (SSSR count). The van der Waals surface area contributed by atoms with E-state index < -0.39 is 26.7 Å².